The lowest BCUT2D eigenvalue weighted by atomic mass is 9.90. The van der Waals surface area contributed by atoms with Crippen LogP contribution < -0.4 is 0 Å². The van der Waals surface area contributed by atoms with E-state index in [0.717, 1.165) is 25.0 Å². The number of alkyl halides is 3. The first kappa shape index (κ1) is 20.4. The molecular formula is C23H24F3N3O. The lowest BCUT2D eigenvalue weighted by molar-refractivity contribution is -0.137. The number of carbonyl (C=O) groups excluding carboxylic acids is 1. The average Bonchev–Trinajstić information content (AvgIpc) is 3.16. The van der Waals surface area contributed by atoms with Crippen LogP contribution in [-0.2, 0) is 11.0 Å². The summed E-state index contributed by atoms with van der Waals surface area (Å²) in [5.41, 5.74) is 1.17. The van der Waals surface area contributed by atoms with Gasteiger partial charge in [0.25, 0.3) is 0 Å². The fraction of sp³-hybridized carbons (Fsp3) is 0.391. The van der Waals surface area contributed by atoms with Crippen LogP contribution >= 0.6 is 0 Å². The van der Waals surface area contributed by atoms with Crippen LogP contribution in [0.25, 0.3) is 5.65 Å². The summed E-state index contributed by atoms with van der Waals surface area (Å²) in [7, 11) is 0. The van der Waals surface area contributed by atoms with Gasteiger partial charge in [-0.3, -0.25) is 4.79 Å². The van der Waals surface area contributed by atoms with E-state index < -0.39 is 17.7 Å². The van der Waals surface area contributed by atoms with Gasteiger partial charge in [-0.2, -0.15) is 13.2 Å². The fourth-order valence-electron chi connectivity index (χ4n) is 4.10. The van der Waals surface area contributed by atoms with E-state index in [2.05, 4.69) is 11.9 Å². The molecule has 1 amide bonds. The number of piperidine rings is 1. The van der Waals surface area contributed by atoms with E-state index in [0.29, 0.717) is 35.9 Å². The van der Waals surface area contributed by atoms with Crippen LogP contribution in [0.3, 0.4) is 0 Å². The van der Waals surface area contributed by atoms with Crippen LogP contribution in [0.5, 0.6) is 0 Å². The molecule has 1 aromatic carbocycles. The van der Waals surface area contributed by atoms with Gasteiger partial charge in [0.1, 0.15) is 5.65 Å². The van der Waals surface area contributed by atoms with Gasteiger partial charge in [0, 0.05) is 37.8 Å². The number of imidazole rings is 1. The number of carbonyl (C=O) groups is 1. The standard InChI is InChI=1S/C23H24F3N3O/c1-16-8-11-28(12-9-16)22(30)14-19(17-5-4-6-18(13-17)23(24,25)26)20-15-27-21-7-2-3-10-29(20)21/h2-7,10,13,15-16,19H,8-9,11-12,14H2,1H3/t19-/m1/s1. The molecule has 3 heterocycles. The molecule has 30 heavy (non-hydrogen) atoms. The molecule has 0 unspecified atom stereocenters. The van der Waals surface area contributed by atoms with Crippen molar-refractivity contribution in [2.24, 2.45) is 5.92 Å². The molecule has 1 saturated heterocycles. The summed E-state index contributed by atoms with van der Waals surface area (Å²) in [6.45, 7) is 3.57. The number of fused-ring (bicyclic) bond motifs is 1. The number of rotatable bonds is 4. The molecule has 0 spiro atoms. The van der Waals surface area contributed by atoms with Crippen LogP contribution in [0.15, 0.2) is 54.9 Å². The monoisotopic (exact) mass is 415 g/mol. The van der Waals surface area contributed by atoms with Crippen molar-refractivity contribution in [1.82, 2.24) is 14.3 Å². The number of pyridine rings is 1. The first-order valence-corrected chi connectivity index (χ1v) is 10.2. The Morgan fingerprint density at radius 1 is 1.17 bits per heavy atom. The molecule has 4 nitrogen and oxygen atoms in total. The second kappa shape index (κ2) is 8.13. The molecule has 0 bridgehead atoms. The number of benzene rings is 1. The zero-order chi connectivity index (χ0) is 21.3. The second-order valence-electron chi connectivity index (χ2n) is 8.06. The Bertz CT molecular complexity index is 1040. The Kier molecular flexibility index (Phi) is 5.54. The zero-order valence-electron chi connectivity index (χ0n) is 16.8. The minimum Gasteiger partial charge on any atom is -0.343 e. The highest BCUT2D eigenvalue weighted by Crippen LogP contribution is 2.35. The van der Waals surface area contributed by atoms with Crippen LogP contribution in [-0.4, -0.2) is 33.3 Å². The lowest BCUT2D eigenvalue weighted by Gasteiger charge is -2.31. The summed E-state index contributed by atoms with van der Waals surface area (Å²) in [5.74, 6) is 0.0406. The molecular weight excluding hydrogens is 391 g/mol. The van der Waals surface area contributed by atoms with Crippen LogP contribution in [0.4, 0.5) is 13.2 Å². The van der Waals surface area contributed by atoms with E-state index in [9.17, 15) is 18.0 Å². The maximum Gasteiger partial charge on any atom is 0.416 e. The van der Waals surface area contributed by atoms with Gasteiger partial charge in [0.2, 0.25) is 5.91 Å². The number of hydrogen-bond donors (Lipinski definition) is 0. The predicted molar refractivity (Wildman–Crippen MR) is 108 cm³/mol. The van der Waals surface area contributed by atoms with Gasteiger partial charge in [0.15, 0.2) is 0 Å². The molecule has 3 aromatic rings. The van der Waals surface area contributed by atoms with Gasteiger partial charge in [0.05, 0.1) is 11.3 Å². The zero-order valence-corrected chi connectivity index (χ0v) is 16.8. The van der Waals surface area contributed by atoms with Crippen molar-refractivity contribution in [1.29, 1.82) is 0 Å². The number of amides is 1. The van der Waals surface area contributed by atoms with E-state index >= 15 is 0 Å². The average molecular weight is 415 g/mol. The van der Waals surface area contributed by atoms with Crippen LogP contribution in [0, 0.1) is 5.92 Å². The van der Waals surface area contributed by atoms with Gasteiger partial charge in [-0.15, -0.1) is 0 Å². The van der Waals surface area contributed by atoms with E-state index in [1.807, 2.05) is 33.7 Å². The maximum atomic E-state index is 13.3. The molecule has 4 rings (SSSR count). The fourth-order valence-corrected chi connectivity index (χ4v) is 4.10. The second-order valence-corrected chi connectivity index (χ2v) is 8.06. The molecule has 2 aromatic heterocycles. The Morgan fingerprint density at radius 3 is 2.67 bits per heavy atom. The van der Waals surface area contributed by atoms with Crippen LogP contribution in [0.2, 0.25) is 0 Å². The van der Waals surface area contributed by atoms with Crippen molar-refractivity contribution in [3.05, 3.63) is 71.7 Å². The highest BCUT2D eigenvalue weighted by atomic mass is 19.4. The third-order valence-corrected chi connectivity index (χ3v) is 5.93. The summed E-state index contributed by atoms with van der Waals surface area (Å²) >= 11 is 0. The summed E-state index contributed by atoms with van der Waals surface area (Å²) < 4.78 is 41.8. The highest BCUT2D eigenvalue weighted by Gasteiger charge is 2.32. The number of likely N-dealkylation sites (tertiary alicyclic amines) is 1. The highest BCUT2D eigenvalue weighted by molar-refractivity contribution is 5.78. The molecule has 0 aliphatic carbocycles. The molecule has 0 N–H and O–H groups in total. The lowest BCUT2D eigenvalue weighted by Crippen LogP contribution is -2.38. The van der Waals surface area contributed by atoms with Gasteiger partial charge < -0.3 is 9.30 Å². The summed E-state index contributed by atoms with van der Waals surface area (Å²) in [5, 5.41) is 0. The van der Waals surface area contributed by atoms with Gasteiger partial charge in [-0.25, -0.2) is 4.98 Å². The Balaban J connectivity index is 1.71. The predicted octanol–water partition coefficient (Wildman–Crippen LogP) is 5.13. The topological polar surface area (TPSA) is 37.6 Å². The molecule has 158 valence electrons. The molecule has 0 saturated carbocycles. The van der Waals surface area contributed by atoms with Crippen molar-refractivity contribution in [3.8, 4) is 0 Å². The van der Waals surface area contributed by atoms with Gasteiger partial charge >= 0.3 is 6.18 Å². The van der Waals surface area contributed by atoms with E-state index in [-0.39, 0.29) is 12.3 Å². The van der Waals surface area contributed by atoms with Crippen LogP contribution in [0.1, 0.15) is 48.9 Å². The quantitative estimate of drug-likeness (QED) is 0.592. The molecule has 1 atom stereocenters. The smallest absolute Gasteiger partial charge is 0.343 e. The Labute approximate surface area is 173 Å². The minimum absolute atomic E-state index is 0.0322. The Hall–Kier alpha value is -2.83. The van der Waals surface area contributed by atoms with Crippen molar-refractivity contribution in [2.75, 3.05) is 13.1 Å². The first-order valence-electron chi connectivity index (χ1n) is 10.2. The number of nitrogens with zero attached hydrogens (tertiary/aromatic N) is 3. The minimum atomic E-state index is -4.44. The van der Waals surface area contributed by atoms with E-state index in [1.54, 1.807) is 12.3 Å². The number of halogens is 3. The molecule has 1 fully saturated rings. The summed E-state index contributed by atoms with van der Waals surface area (Å²) in [6.07, 6.45) is 1.06. The molecule has 0 radical (unpaired) electrons. The molecule has 1 aliphatic heterocycles. The molecule has 7 heteroatoms. The first-order chi connectivity index (χ1) is 14.3. The van der Waals surface area contributed by atoms with Gasteiger partial charge in [-0.05, 0) is 42.5 Å². The summed E-state index contributed by atoms with van der Waals surface area (Å²) in [4.78, 5) is 19.3. The van der Waals surface area contributed by atoms with E-state index in [4.69, 9.17) is 0 Å². The SMILES string of the molecule is CC1CCN(C(=O)C[C@H](c2cccc(C(F)(F)F)c2)c2cnc3ccccn23)CC1. The van der Waals surface area contributed by atoms with Gasteiger partial charge in [-0.1, -0.05) is 31.2 Å². The van der Waals surface area contributed by atoms with Crippen molar-refractivity contribution >= 4 is 11.6 Å². The Morgan fingerprint density at radius 2 is 1.93 bits per heavy atom. The molecule has 1 aliphatic rings. The number of hydrogen-bond acceptors (Lipinski definition) is 2. The maximum absolute atomic E-state index is 13.3. The number of aromatic nitrogens is 2. The largest absolute Gasteiger partial charge is 0.416 e. The third-order valence-electron chi connectivity index (χ3n) is 5.93. The van der Waals surface area contributed by atoms with Crippen molar-refractivity contribution < 1.29 is 18.0 Å². The normalized spacial score (nSPS) is 16.7. The summed E-state index contributed by atoms with van der Waals surface area (Å²) in [6, 6.07) is 10.8. The van der Waals surface area contributed by atoms with Crippen molar-refractivity contribution in [3.63, 3.8) is 0 Å². The van der Waals surface area contributed by atoms with Crippen molar-refractivity contribution in [2.45, 2.75) is 38.3 Å². The third kappa shape index (κ3) is 4.20. The van der Waals surface area contributed by atoms with E-state index in [1.165, 1.54) is 6.07 Å².